The predicted molar refractivity (Wildman–Crippen MR) is 128 cm³/mol. The van der Waals surface area contributed by atoms with Gasteiger partial charge in [-0.1, -0.05) is 0 Å². The van der Waals surface area contributed by atoms with Crippen molar-refractivity contribution in [3.8, 4) is 11.4 Å². The summed E-state index contributed by atoms with van der Waals surface area (Å²) >= 11 is 0. The first-order valence-corrected chi connectivity index (χ1v) is 9.94. The van der Waals surface area contributed by atoms with E-state index in [1.807, 2.05) is 48.3 Å². The molecule has 0 bridgehead atoms. The molecule has 0 spiro atoms. The molecule has 2 aromatic rings. The SMILES string of the molecule is CN=C(NCc1ccn(-c2ccc(OC)cc2)n1)N1CCC(COCCOC)C1.I. The van der Waals surface area contributed by atoms with Crippen LogP contribution in [0.3, 0.4) is 0 Å². The lowest BCUT2D eigenvalue weighted by atomic mass is 10.1. The molecule has 0 amide bonds. The summed E-state index contributed by atoms with van der Waals surface area (Å²) in [7, 11) is 5.17. The molecule has 8 nitrogen and oxygen atoms in total. The summed E-state index contributed by atoms with van der Waals surface area (Å²) in [5.41, 5.74) is 1.96. The van der Waals surface area contributed by atoms with Gasteiger partial charge in [-0.2, -0.15) is 5.10 Å². The summed E-state index contributed by atoms with van der Waals surface area (Å²) in [6, 6.07) is 9.85. The lowest BCUT2D eigenvalue weighted by Gasteiger charge is -2.21. The van der Waals surface area contributed by atoms with Gasteiger partial charge in [0.1, 0.15) is 5.75 Å². The highest BCUT2D eigenvalue weighted by Crippen LogP contribution is 2.17. The van der Waals surface area contributed by atoms with Gasteiger partial charge < -0.3 is 24.4 Å². The number of hydrogen-bond acceptors (Lipinski definition) is 5. The van der Waals surface area contributed by atoms with E-state index in [1.54, 1.807) is 14.2 Å². The Bertz CT molecular complexity index is 781. The Balaban J connectivity index is 0.00000320. The zero-order chi connectivity index (χ0) is 20.5. The molecule has 1 N–H and O–H groups in total. The van der Waals surface area contributed by atoms with Gasteiger partial charge in [-0.3, -0.25) is 4.99 Å². The number of aliphatic imine (C=N–C) groups is 1. The van der Waals surface area contributed by atoms with E-state index >= 15 is 0 Å². The molecule has 1 unspecified atom stereocenters. The second-order valence-electron chi connectivity index (χ2n) is 7.02. The lowest BCUT2D eigenvalue weighted by molar-refractivity contribution is 0.0536. The Labute approximate surface area is 195 Å². The van der Waals surface area contributed by atoms with Crippen molar-refractivity contribution in [3.63, 3.8) is 0 Å². The highest BCUT2D eigenvalue weighted by molar-refractivity contribution is 14.0. The minimum absolute atomic E-state index is 0. The van der Waals surface area contributed by atoms with Crippen LogP contribution in [0.25, 0.3) is 5.69 Å². The number of nitrogens with one attached hydrogen (secondary N) is 1. The van der Waals surface area contributed by atoms with Crippen molar-refractivity contribution < 1.29 is 14.2 Å². The van der Waals surface area contributed by atoms with Gasteiger partial charge in [0.05, 0.1) is 44.9 Å². The van der Waals surface area contributed by atoms with Crippen molar-refractivity contribution in [1.29, 1.82) is 0 Å². The predicted octanol–water partition coefficient (Wildman–Crippen LogP) is 2.56. The van der Waals surface area contributed by atoms with Crippen LogP contribution in [0.2, 0.25) is 0 Å². The molecule has 0 saturated carbocycles. The van der Waals surface area contributed by atoms with Gasteiger partial charge >= 0.3 is 0 Å². The number of rotatable bonds is 9. The first kappa shape index (κ1) is 24.4. The van der Waals surface area contributed by atoms with Crippen LogP contribution in [0.5, 0.6) is 5.75 Å². The number of aromatic nitrogens is 2. The minimum Gasteiger partial charge on any atom is -0.497 e. The number of guanidine groups is 1. The largest absolute Gasteiger partial charge is 0.497 e. The molecule has 1 saturated heterocycles. The molecule has 1 atom stereocenters. The molecular weight excluding hydrogens is 497 g/mol. The fraction of sp³-hybridized carbons (Fsp3) is 0.524. The average molecular weight is 529 g/mol. The number of methoxy groups -OCH3 is 2. The molecule has 1 fully saturated rings. The highest BCUT2D eigenvalue weighted by Gasteiger charge is 2.25. The molecule has 0 aliphatic carbocycles. The topological polar surface area (TPSA) is 73.1 Å². The normalized spacial score (nSPS) is 16.4. The van der Waals surface area contributed by atoms with Crippen molar-refractivity contribution in [2.24, 2.45) is 10.9 Å². The molecular formula is C21H32IN5O3. The van der Waals surface area contributed by atoms with E-state index in [0.29, 0.717) is 25.7 Å². The quantitative estimate of drug-likeness (QED) is 0.233. The summed E-state index contributed by atoms with van der Waals surface area (Å²) in [6.07, 6.45) is 3.07. The second kappa shape index (κ2) is 12.8. The maximum atomic E-state index is 5.68. The van der Waals surface area contributed by atoms with E-state index in [2.05, 4.69) is 20.3 Å². The number of benzene rings is 1. The fourth-order valence-corrected chi connectivity index (χ4v) is 3.39. The van der Waals surface area contributed by atoms with Crippen molar-refractivity contribution in [2.75, 3.05) is 54.2 Å². The monoisotopic (exact) mass is 529 g/mol. The second-order valence-corrected chi connectivity index (χ2v) is 7.02. The molecule has 30 heavy (non-hydrogen) atoms. The van der Waals surface area contributed by atoms with E-state index in [4.69, 9.17) is 14.2 Å². The van der Waals surface area contributed by atoms with Crippen LogP contribution in [0.4, 0.5) is 0 Å². The van der Waals surface area contributed by atoms with Crippen LogP contribution in [0.1, 0.15) is 12.1 Å². The highest BCUT2D eigenvalue weighted by atomic mass is 127. The Kier molecular flexibility index (Phi) is 10.4. The van der Waals surface area contributed by atoms with Crippen molar-refractivity contribution >= 4 is 29.9 Å². The number of halogens is 1. The standard InChI is InChI=1S/C21H31N5O3.HI/c1-22-21(25-10-8-17(15-25)16-29-13-12-27-2)23-14-18-9-11-26(24-18)19-4-6-20(28-3)7-5-19;/h4-7,9,11,17H,8,10,12-16H2,1-3H3,(H,22,23);1H. The Morgan fingerprint density at radius 2 is 2.00 bits per heavy atom. The van der Waals surface area contributed by atoms with E-state index in [9.17, 15) is 0 Å². The maximum absolute atomic E-state index is 5.68. The van der Waals surface area contributed by atoms with Crippen LogP contribution in [-0.2, 0) is 16.0 Å². The van der Waals surface area contributed by atoms with Gasteiger partial charge in [-0.25, -0.2) is 4.68 Å². The van der Waals surface area contributed by atoms with Crippen LogP contribution in [0.15, 0.2) is 41.5 Å². The third-order valence-corrected chi connectivity index (χ3v) is 4.99. The third kappa shape index (κ3) is 6.85. The van der Waals surface area contributed by atoms with Crippen molar-refractivity contribution in [2.45, 2.75) is 13.0 Å². The van der Waals surface area contributed by atoms with E-state index in [1.165, 1.54) is 0 Å². The first-order valence-electron chi connectivity index (χ1n) is 9.94. The molecule has 0 radical (unpaired) electrons. The third-order valence-electron chi connectivity index (χ3n) is 4.99. The van der Waals surface area contributed by atoms with Crippen molar-refractivity contribution in [1.82, 2.24) is 20.0 Å². The Morgan fingerprint density at radius 3 is 2.70 bits per heavy atom. The summed E-state index contributed by atoms with van der Waals surface area (Å²) < 4.78 is 17.8. The molecule has 2 heterocycles. The molecule has 166 valence electrons. The van der Waals surface area contributed by atoms with Gasteiger partial charge in [0.25, 0.3) is 0 Å². The number of likely N-dealkylation sites (tertiary alicyclic amines) is 1. The molecule has 3 rings (SSSR count). The fourth-order valence-electron chi connectivity index (χ4n) is 3.39. The van der Waals surface area contributed by atoms with Crippen molar-refractivity contribution in [3.05, 3.63) is 42.2 Å². The summed E-state index contributed by atoms with van der Waals surface area (Å²) in [5, 5.41) is 8.08. The van der Waals surface area contributed by atoms with Gasteiger partial charge in [0.15, 0.2) is 5.96 Å². The summed E-state index contributed by atoms with van der Waals surface area (Å²) in [4.78, 5) is 6.72. The number of nitrogens with zero attached hydrogens (tertiary/aromatic N) is 4. The number of hydrogen-bond donors (Lipinski definition) is 1. The molecule has 1 aliphatic heterocycles. The zero-order valence-electron chi connectivity index (χ0n) is 17.9. The van der Waals surface area contributed by atoms with Gasteiger partial charge in [-0.15, -0.1) is 24.0 Å². The molecule has 9 heteroatoms. The van der Waals surface area contributed by atoms with Crippen LogP contribution < -0.4 is 10.1 Å². The molecule has 1 aromatic carbocycles. The average Bonchev–Trinajstić information content (AvgIpc) is 3.42. The Hall–Kier alpha value is -1.85. The summed E-state index contributed by atoms with van der Waals surface area (Å²) in [6.45, 7) is 4.62. The lowest BCUT2D eigenvalue weighted by Crippen LogP contribution is -2.40. The molecule has 1 aliphatic rings. The zero-order valence-corrected chi connectivity index (χ0v) is 20.2. The van der Waals surface area contributed by atoms with Crippen LogP contribution in [-0.4, -0.2) is 74.8 Å². The van der Waals surface area contributed by atoms with Crippen LogP contribution in [0, 0.1) is 5.92 Å². The minimum atomic E-state index is 0. The van der Waals surface area contributed by atoms with Gasteiger partial charge in [0.2, 0.25) is 0 Å². The molecule has 1 aromatic heterocycles. The number of ether oxygens (including phenoxy) is 3. The summed E-state index contributed by atoms with van der Waals surface area (Å²) in [5.74, 6) is 2.27. The van der Waals surface area contributed by atoms with Gasteiger partial charge in [-0.05, 0) is 36.8 Å². The van der Waals surface area contributed by atoms with Crippen LogP contribution >= 0.6 is 24.0 Å². The smallest absolute Gasteiger partial charge is 0.193 e. The maximum Gasteiger partial charge on any atom is 0.193 e. The van der Waals surface area contributed by atoms with E-state index in [0.717, 1.165) is 49.2 Å². The van der Waals surface area contributed by atoms with E-state index < -0.39 is 0 Å². The Morgan fingerprint density at radius 1 is 1.20 bits per heavy atom. The van der Waals surface area contributed by atoms with Gasteiger partial charge in [0, 0.05) is 39.4 Å². The first-order chi connectivity index (χ1) is 14.2. The van der Waals surface area contributed by atoms with E-state index in [-0.39, 0.29) is 24.0 Å².